The molecule has 5 heteroatoms. The van der Waals surface area contributed by atoms with Gasteiger partial charge >= 0.3 is 0 Å². The van der Waals surface area contributed by atoms with Crippen LogP contribution in [0.15, 0.2) is 29.0 Å². The van der Waals surface area contributed by atoms with Crippen LogP contribution in [-0.4, -0.2) is 12.1 Å². The van der Waals surface area contributed by atoms with Gasteiger partial charge in [0, 0.05) is 5.56 Å². The molecule has 2 aromatic rings. The van der Waals surface area contributed by atoms with E-state index in [0.29, 0.717) is 17.0 Å². The van der Waals surface area contributed by atoms with Crippen molar-refractivity contribution in [2.75, 3.05) is 7.11 Å². The minimum absolute atomic E-state index is 0.162. The van der Waals surface area contributed by atoms with E-state index in [2.05, 4.69) is 4.98 Å². The molecule has 0 saturated heterocycles. The number of halogens is 2. The van der Waals surface area contributed by atoms with Crippen LogP contribution in [0.25, 0.3) is 11.3 Å². The summed E-state index contributed by atoms with van der Waals surface area (Å²) in [7, 11) is 1.41. The van der Waals surface area contributed by atoms with E-state index in [1.165, 1.54) is 19.6 Å². The molecule has 2 rings (SSSR count). The Hall–Kier alpha value is -1.55. The highest BCUT2D eigenvalue weighted by Gasteiger charge is 2.12. The van der Waals surface area contributed by atoms with Crippen LogP contribution in [-0.2, 0) is 5.88 Å². The lowest BCUT2D eigenvalue weighted by molar-refractivity contribution is 0.386. The normalized spacial score (nSPS) is 10.4. The molecule has 0 radical (unpaired) electrons. The summed E-state index contributed by atoms with van der Waals surface area (Å²) in [4.78, 5) is 3.96. The first kappa shape index (κ1) is 11.0. The van der Waals surface area contributed by atoms with Gasteiger partial charge in [0.2, 0.25) is 0 Å². The van der Waals surface area contributed by atoms with Crippen LogP contribution >= 0.6 is 11.6 Å². The zero-order valence-corrected chi connectivity index (χ0v) is 9.29. The van der Waals surface area contributed by atoms with Crippen LogP contribution in [0.4, 0.5) is 4.39 Å². The second-order valence-electron chi connectivity index (χ2n) is 3.11. The number of hydrogen-bond donors (Lipinski definition) is 0. The van der Waals surface area contributed by atoms with Crippen LogP contribution < -0.4 is 4.74 Å². The van der Waals surface area contributed by atoms with Crippen LogP contribution in [0, 0.1) is 5.82 Å². The van der Waals surface area contributed by atoms with E-state index in [4.69, 9.17) is 20.8 Å². The van der Waals surface area contributed by atoms with Gasteiger partial charge in [0.15, 0.2) is 23.7 Å². The first-order chi connectivity index (χ1) is 7.76. The molecule has 1 aromatic heterocycles. The van der Waals surface area contributed by atoms with Gasteiger partial charge in [0.05, 0.1) is 13.0 Å². The largest absolute Gasteiger partial charge is 0.494 e. The smallest absolute Gasteiger partial charge is 0.181 e. The molecule has 0 saturated carbocycles. The molecule has 84 valence electrons. The molecule has 1 heterocycles. The summed E-state index contributed by atoms with van der Waals surface area (Å²) in [5, 5.41) is 0. The molecule has 0 aliphatic rings. The van der Waals surface area contributed by atoms with Gasteiger partial charge in [-0.15, -0.1) is 11.6 Å². The van der Waals surface area contributed by atoms with E-state index in [1.807, 2.05) is 0 Å². The fraction of sp³-hybridized carbons (Fsp3) is 0.182. The second-order valence-corrected chi connectivity index (χ2v) is 3.38. The van der Waals surface area contributed by atoms with E-state index in [9.17, 15) is 4.39 Å². The summed E-state index contributed by atoms with van der Waals surface area (Å²) in [6.45, 7) is 0. The number of methoxy groups -OCH3 is 1. The Bertz CT molecular complexity index is 498. The van der Waals surface area contributed by atoms with Crippen molar-refractivity contribution in [1.82, 2.24) is 4.98 Å². The highest BCUT2D eigenvalue weighted by Crippen LogP contribution is 2.28. The van der Waals surface area contributed by atoms with E-state index in [-0.39, 0.29) is 11.6 Å². The number of benzene rings is 1. The van der Waals surface area contributed by atoms with Crippen molar-refractivity contribution in [2.45, 2.75) is 5.88 Å². The van der Waals surface area contributed by atoms with Crippen LogP contribution in [0.2, 0.25) is 0 Å². The maximum Gasteiger partial charge on any atom is 0.181 e. The Morgan fingerprint density at radius 3 is 3.00 bits per heavy atom. The molecule has 0 bridgehead atoms. The Balaban J connectivity index is 2.48. The average Bonchev–Trinajstić information content (AvgIpc) is 2.78. The van der Waals surface area contributed by atoms with Crippen molar-refractivity contribution < 1.29 is 13.5 Å². The second kappa shape index (κ2) is 4.53. The minimum atomic E-state index is -0.418. The fourth-order valence-corrected chi connectivity index (χ4v) is 1.59. The van der Waals surface area contributed by atoms with Crippen LogP contribution in [0.3, 0.4) is 0 Å². The highest BCUT2D eigenvalue weighted by atomic mass is 35.5. The van der Waals surface area contributed by atoms with Crippen molar-refractivity contribution in [2.24, 2.45) is 0 Å². The molecule has 0 unspecified atom stereocenters. The van der Waals surface area contributed by atoms with Gasteiger partial charge in [0.25, 0.3) is 0 Å². The molecule has 0 amide bonds. The first-order valence-corrected chi connectivity index (χ1v) is 5.12. The summed E-state index contributed by atoms with van der Waals surface area (Å²) < 4.78 is 23.3. The third-order valence-electron chi connectivity index (χ3n) is 2.18. The number of ether oxygens (including phenoxy) is 1. The third-order valence-corrected chi connectivity index (χ3v) is 2.43. The summed E-state index contributed by atoms with van der Waals surface area (Å²) in [6, 6.07) is 4.45. The van der Waals surface area contributed by atoms with Crippen molar-refractivity contribution in [1.29, 1.82) is 0 Å². The number of nitrogens with zero attached hydrogens (tertiary/aromatic N) is 1. The van der Waals surface area contributed by atoms with Crippen LogP contribution in [0.1, 0.15) is 5.69 Å². The van der Waals surface area contributed by atoms with Crippen molar-refractivity contribution >= 4 is 11.6 Å². The highest BCUT2D eigenvalue weighted by molar-refractivity contribution is 6.17. The predicted octanol–water partition coefficient (Wildman–Crippen LogP) is 3.23. The number of oxazole rings is 1. The standard InChI is InChI=1S/C11H9ClFNO2/c1-15-10-4-7(2-3-8(10)13)11-9(5-12)14-6-16-11/h2-4,6H,5H2,1H3. The Labute approximate surface area is 96.8 Å². The van der Waals surface area contributed by atoms with Crippen molar-refractivity contribution in [3.63, 3.8) is 0 Å². The topological polar surface area (TPSA) is 35.3 Å². The van der Waals surface area contributed by atoms with Gasteiger partial charge in [-0.05, 0) is 18.2 Å². The Morgan fingerprint density at radius 2 is 2.31 bits per heavy atom. The summed E-state index contributed by atoms with van der Waals surface area (Å²) in [5.74, 6) is 0.520. The van der Waals surface area contributed by atoms with Crippen LogP contribution in [0.5, 0.6) is 5.75 Å². The minimum Gasteiger partial charge on any atom is -0.494 e. The number of alkyl halides is 1. The zero-order chi connectivity index (χ0) is 11.5. The molecule has 0 aliphatic carbocycles. The monoisotopic (exact) mass is 241 g/mol. The number of hydrogen-bond acceptors (Lipinski definition) is 3. The van der Waals surface area contributed by atoms with Crippen molar-refractivity contribution in [3.05, 3.63) is 36.1 Å². The van der Waals surface area contributed by atoms with Gasteiger partial charge in [-0.25, -0.2) is 9.37 Å². The zero-order valence-electron chi connectivity index (χ0n) is 8.54. The molecular weight excluding hydrogens is 233 g/mol. The number of aromatic nitrogens is 1. The lowest BCUT2D eigenvalue weighted by atomic mass is 10.1. The first-order valence-electron chi connectivity index (χ1n) is 4.58. The van der Waals surface area contributed by atoms with Gasteiger partial charge in [0.1, 0.15) is 5.69 Å². The van der Waals surface area contributed by atoms with Gasteiger partial charge in [-0.3, -0.25) is 0 Å². The SMILES string of the molecule is COc1cc(-c2ocnc2CCl)ccc1F. The molecule has 3 nitrogen and oxygen atoms in total. The van der Waals surface area contributed by atoms with E-state index in [1.54, 1.807) is 12.1 Å². The maximum absolute atomic E-state index is 13.2. The molecule has 0 aliphatic heterocycles. The summed E-state index contributed by atoms with van der Waals surface area (Å²) >= 11 is 5.70. The summed E-state index contributed by atoms with van der Waals surface area (Å²) in [6.07, 6.45) is 1.31. The number of rotatable bonds is 3. The van der Waals surface area contributed by atoms with E-state index < -0.39 is 5.82 Å². The molecule has 0 N–H and O–H groups in total. The summed E-state index contributed by atoms with van der Waals surface area (Å²) in [5.41, 5.74) is 1.31. The molecule has 16 heavy (non-hydrogen) atoms. The lowest BCUT2D eigenvalue weighted by Gasteiger charge is -2.04. The molecule has 0 spiro atoms. The molecule has 0 fully saturated rings. The predicted molar refractivity (Wildman–Crippen MR) is 58.0 cm³/mol. The van der Waals surface area contributed by atoms with Gasteiger partial charge < -0.3 is 9.15 Å². The van der Waals surface area contributed by atoms with Gasteiger partial charge in [-0.1, -0.05) is 0 Å². The quantitative estimate of drug-likeness (QED) is 0.774. The molecule has 1 aromatic carbocycles. The lowest BCUT2D eigenvalue weighted by Crippen LogP contribution is -1.89. The third kappa shape index (κ3) is 1.88. The molecule has 0 atom stereocenters. The van der Waals surface area contributed by atoms with Gasteiger partial charge in [-0.2, -0.15) is 0 Å². The Morgan fingerprint density at radius 1 is 1.50 bits per heavy atom. The average molecular weight is 242 g/mol. The van der Waals surface area contributed by atoms with E-state index >= 15 is 0 Å². The molecular formula is C11H9ClFNO2. The Kier molecular flexibility index (Phi) is 3.10. The fourth-order valence-electron chi connectivity index (χ4n) is 1.40. The van der Waals surface area contributed by atoms with E-state index in [0.717, 1.165) is 0 Å². The van der Waals surface area contributed by atoms with Crippen molar-refractivity contribution in [3.8, 4) is 17.1 Å². The maximum atomic E-state index is 13.2.